The SMILES string of the molecule is CCSc1ccc([N+](=O)[O-])cc1C(=O)N1CCC[C@H](C(=O)O)C1. The molecule has 8 heteroatoms. The van der Waals surface area contributed by atoms with Gasteiger partial charge in [0.15, 0.2) is 0 Å². The summed E-state index contributed by atoms with van der Waals surface area (Å²) < 4.78 is 0. The molecule has 1 atom stereocenters. The van der Waals surface area contributed by atoms with Gasteiger partial charge in [-0.2, -0.15) is 0 Å². The Labute approximate surface area is 137 Å². The molecule has 124 valence electrons. The lowest BCUT2D eigenvalue weighted by molar-refractivity contribution is -0.384. The van der Waals surface area contributed by atoms with Gasteiger partial charge < -0.3 is 10.0 Å². The van der Waals surface area contributed by atoms with Crippen LogP contribution in [0.3, 0.4) is 0 Å². The molecule has 0 aliphatic carbocycles. The van der Waals surface area contributed by atoms with Gasteiger partial charge in [0, 0.05) is 30.1 Å². The van der Waals surface area contributed by atoms with Gasteiger partial charge in [0.25, 0.3) is 11.6 Å². The highest BCUT2D eigenvalue weighted by molar-refractivity contribution is 7.99. The van der Waals surface area contributed by atoms with Crippen molar-refractivity contribution < 1.29 is 19.6 Å². The maximum absolute atomic E-state index is 12.7. The largest absolute Gasteiger partial charge is 0.481 e. The maximum atomic E-state index is 12.7. The van der Waals surface area contributed by atoms with Crippen molar-refractivity contribution in [2.24, 2.45) is 5.92 Å². The van der Waals surface area contributed by atoms with Crippen molar-refractivity contribution in [1.82, 2.24) is 4.90 Å². The van der Waals surface area contributed by atoms with Gasteiger partial charge in [-0.25, -0.2) is 0 Å². The topological polar surface area (TPSA) is 101 Å². The minimum atomic E-state index is -0.912. The number of hydrogen-bond acceptors (Lipinski definition) is 5. The molecule has 1 fully saturated rings. The van der Waals surface area contributed by atoms with Crippen LogP contribution in [0.4, 0.5) is 5.69 Å². The molecule has 1 amide bonds. The summed E-state index contributed by atoms with van der Waals surface area (Å²) in [7, 11) is 0. The number of non-ortho nitro benzene ring substituents is 1. The summed E-state index contributed by atoms with van der Waals surface area (Å²) in [5.74, 6) is -1.09. The van der Waals surface area contributed by atoms with Crippen LogP contribution in [0.5, 0.6) is 0 Å². The number of thioether (sulfide) groups is 1. The van der Waals surface area contributed by atoms with Crippen molar-refractivity contribution >= 4 is 29.3 Å². The van der Waals surface area contributed by atoms with E-state index in [1.165, 1.54) is 28.8 Å². The van der Waals surface area contributed by atoms with E-state index in [0.717, 1.165) is 5.75 Å². The third kappa shape index (κ3) is 4.01. The number of hydrogen-bond donors (Lipinski definition) is 1. The highest BCUT2D eigenvalue weighted by Gasteiger charge is 2.30. The van der Waals surface area contributed by atoms with E-state index in [0.29, 0.717) is 24.3 Å². The van der Waals surface area contributed by atoms with E-state index in [9.17, 15) is 19.7 Å². The van der Waals surface area contributed by atoms with Crippen LogP contribution >= 0.6 is 11.8 Å². The van der Waals surface area contributed by atoms with Gasteiger partial charge >= 0.3 is 5.97 Å². The first kappa shape index (κ1) is 17.3. The van der Waals surface area contributed by atoms with Crippen LogP contribution in [0.1, 0.15) is 30.1 Å². The Bertz CT molecular complexity index is 634. The Kier molecular flexibility index (Phi) is 5.59. The second-order valence-corrected chi connectivity index (χ2v) is 6.60. The summed E-state index contributed by atoms with van der Waals surface area (Å²) in [6.07, 6.45) is 1.17. The van der Waals surface area contributed by atoms with E-state index in [2.05, 4.69) is 0 Å². The third-order valence-corrected chi connectivity index (χ3v) is 4.72. The first-order valence-corrected chi connectivity index (χ1v) is 8.36. The fourth-order valence-electron chi connectivity index (χ4n) is 2.61. The van der Waals surface area contributed by atoms with Crippen molar-refractivity contribution in [3.05, 3.63) is 33.9 Å². The number of aliphatic carboxylic acids is 1. The standard InChI is InChI=1S/C15H18N2O5S/c1-2-23-13-6-5-11(17(21)22)8-12(13)14(18)16-7-3-4-10(9-16)15(19)20/h5-6,8,10H,2-4,7,9H2,1H3,(H,19,20)/t10-/m0/s1. The molecule has 1 saturated heterocycles. The number of carbonyl (C=O) groups is 2. The molecule has 23 heavy (non-hydrogen) atoms. The van der Waals surface area contributed by atoms with Crippen molar-refractivity contribution in [3.8, 4) is 0 Å². The highest BCUT2D eigenvalue weighted by atomic mass is 32.2. The molecular formula is C15H18N2O5S. The van der Waals surface area contributed by atoms with E-state index in [-0.39, 0.29) is 23.7 Å². The van der Waals surface area contributed by atoms with Crippen molar-refractivity contribution in [2.75, 3.05) is 18.8 Å². The Morgan fingerprint density at radius 2 is 2.22 bits per heavy atom. The molecule has 1 N–H and O–H groups in total. The molecule has 1 aromatic rings. The molecule has 0 radical (unpaired) electrons. The summed E-state index contributed by atoms with van der Waals surface area (Å²) in [5.41, 5.74) is 0.137. The van der Waals surface area contributed by atoms with Crippen LogP contribution in [0.2, 0.25) is 0 Å². The smallest absolute Gasteiger partial charge is 0.308 e. The molecule has 0 aromatic heterocycles. The van der Waals surface area contributed by atoms with E-state index in [4.69, 9.17) is 5.11 Å². The monoisotopic (exact) mass is 338 g/mol. The Hall–Kier alpha value is -2.09. The van der Waals surface area contributed by atoms with Gasteiger partial charge in [-0.1, -0.05) is 6.92 Å². The number of rotatable bonds is 5. The number of carboxylic acid groups (broad SMARTS) is 1. The van der Waals surface area contributed by atoms with E-state index >= 15 is 0 Å². The molecule has 0 spiro atoms. The lowest BCUT2D eigenvalue weighted by Gasteiger charge is -2.31. The Morgan fingerprint density at radius 3 is 2.83 bits per heavy atom. The maximum Gasteiger partial charge on any atom is 0.308 e. The quantitative estimate of drug-likeness (QED) is 0.503. The van der Waals surface area contributed by atoms with Crippen LogP contribution in [0.25, 0.3) is 0 Å². The molecular weight excluding hydrogens is 320 g/mol. The second kappa shape index (κ2) is 7.45. The first-order valence-electron chi connectivity index (χ1n) is 7.37. The second-order valence-electron chi connectivity index (χ2n) is 5.30. The molecule has 1 aliphatic heterocycles. The summed E-state index contributed by atoms with van der Waals surface area (Å²) in [4.78, 5) is 36.5. The predicted octanol–water partition coefficient (Wildman–Crippen LogP) is 2.64. The predicted molar refractivity (Wildman–Crippen MR) is 85.8 cm³/mol. The Balaban J connectivity index is 2.30. The van der Waals surface area contributed by atoms with E-state index < -0.39 is 16.8 Å². The number of carboxylic acids is 1. The van der Waals surface area contributed by atoms with Crippen LogP contribution in [-0.4, -0.2) is 45.6 Å². The molecule has 1 aliphatic rings. The van der Waals surface area contributed by atoms with Gasteiger partial charge in [0.2, 0.25) is 0 Å². The van der Waals surface area contributed by atoms with Crippen molar-refractivity contribution in [2.45, 2.75) is 24.7 Å². The van der Waals surface area contributed by atoms with Gasteiger partial charge in [-0.05, 0) is 24.7 Å². The highest BCUT2D eigenvalue weighted by Crippen LogP contribution is 2.29. The molecule has 0 saturated carbocycles. The minimum Gasteiger partial charge on any atom is -0.481 e. The zero-order valence-electron chi connectivity index (χ0n) is 12.7. The Morgan fingerprint density at radius 1 is 1.48 bits per heavy atom. The molecule has 0 unspecified atom stereocenters. The van der Waals surface area contributed by atoms with Gasteiger partial charge in [0.1, 0.15) is 0 Å². The van der Waals surface area contributed by atoms with Crippen LogP contribution < -0.4 is 0 Å². The fourth-order valence-corrected chi connectivity index (χ4v) is 3.39. The van der Waals surface area contributed by atoms with Crippen LogP contribution in [0, 0.1) is 16.0 Å². The van der Waals surface area contributed by atoms with E-state index in [1.54, 1.807) is 6.07 Å². The minimum absolute atomic E-state index is 0.138. The first-order chi connectivity index (χ1) is 10.9. The average molecular weight is 338 g/mol. The molecule has 7 nitrogen and oxygen atoms in total. The van der Waals surface area contributed by atoms with E-state index in [1.807, 2.05) is 6.92 Å². The molecule has 1 aromatic carbocycles. The summed E-state index contributed by atoms with van der Waals surface area (Å²) >= 11 is 1.44. The van der Waals surface area contributed by atoms with Gasteiger partial charge in [-0.15, -0.1) is 11.8 Å². The number of piperidine rings is 1. The molecule has 2 rings (SSSR count). The van der Waals surface area contributed by atoms with Crippen molar-refractivity contribution in [3.63, 3.8) is 0 Å². The zero-order valence-corrected chi connectivity index (χ0v) is 13.5. The number of likely N-dealkylation sites (tertiary alicyclic amines) is 1. The summed E-state index contributed by atoms with van der Waals surface area (Å²) in [6, 6.07) is 4.24. The molecule has 1 heterocycles. The number of nitro benzene ring substituents is 1. The summed E-state index contributed by atoms with van der Waals surface area (Å²) in [5, 5.41) is 20.1. The van der Waals surface area contributed by atoms with Crippen LogP contribution in [-0.2, 0) is 4.79 Å². The lowest BCUT2D eigenvalue weighted by atomic mass is 9.97. The average Bonchev–Trinajstić information content (AvgIpc) is 2.54. The zero-order chi connectivity index (χ0) is 17.0. The van der Waals surface area contributed by atoms with Crippen molar-refractivity contribution in [1.29, 1.82) is 0 Å². The fraction of sp³-hybridized carbons (Fsp3) is 0.467. The number of nitrogens with zero attached hydrogens (tertiary/aromatic N) is 2. The van der Waals surface area contributed by atoms with Gasteiger partial charge in [-0.3, -0.25) is 19.7 Å². The molecule has 0 bridgehead atoms. The third-order valence-electron chi connectivity index (χ3n) is 3.76. The number of benzene rings is 1. The van der Waals surface area contributed by atoms with Gasteiger partial charge in [0.05, 0.1) is 16.4 Å². The number of amides is 1. The lowest BCUT2D eigenvalue weighted by Crippen LogP contribution is -2.42. The number of carbonyl (C=O) groups excluding carboxylic acids is 1. The van der Waals surface area contributed by atoms with Crippen LogP contribution in [0.15, 0.2) is 23.1 Å². The summed E-state index contributed by atoms with van der Waals surface area (Å²) in [6.45, 7) is 2.55. The number of nitro groups is 1. The normalized spacial score (nSPS) is 17.8.